The van der Waals surface area contributed by atoms with Gasteiger partial charge in [-0.1, -0.05) is 34.6 Å². The molecule has 0 amide bonds. The molecule has 2 atom stereocenters. The molecule has 1 aliphatic heterocycles. The van der Waals surface area contributed by atoms with Crippen LogP contribution in [0.4, 0.5) is 0 Å². The Bertz CT molecular complexity index is 296. The van der Waals surface area contributed by atoms with Crippen molar-refractivity contribution in [3.05, 3.63) is 0 Å². The lowest BCUT2D eigenvalue weighted by molar-refractivity contribution is 0.0595. The van der Waals surface area contributed by atoms with Gasteiger partial charge in [0, 0.05) is 18.6 Å². The van der Waals surface area contributed by atoms with Gasteiger partial charge in [0.1, 0.15) is 0 Å². The minimum atomic E-state index is 0.460. The first-order valence-electron chi connectivity index (χ1n) is 8.33. The maximum atomic E-state index is 3.85. The summed E-state index contributed by atoms with van der Waals surface area (Å²) in [5, 5.41) is 3.85. The molecule has 1 saturated carbocycles. The zero-order chi connectivity index (χ0) is 14.1. The average molecular weight is 266 g/mol. The van der Waals surface area contributed by atoms with Gasteiger partial charge >= 0.3 is 0 Å². The van der Waals surface area contributed by atoms with Crippen molar-refractivity contribution in [2.45, 2.75) is 78.8 Å². The minimum Gasteiger partial charge on any atom is -0.312 e. The van der Waals surface area contributed by atoms with Gasteiger partial charge in [-0.2, -0.15) is 0 Å². The Balaban J connectivity index is 2.05. The lowest BCUT2D eigenvalue weighted by Gasteiger charge is -2.44. The maximum Gasteiger partial charge on any atom is 0.0274 e. The molecule has 112 valence electrons. The van der Waals surface area contributed by atoms with Crippen LogP contribution in [0.3, 0.4) is 0 Å². The highest BCUT2D eigenvalue weighted by molar-refractivity contribution is 5.02. The maximum absolute atomic E-state index is 3.85. The van der Waals surface area contributed by atoms with E-state index in [1.807, 2.05) is 0 Å². The number of hydrogen-bond donors (Lipinski definition) is 1. The molecule has 2 aliphatic rings. The van der Waals surface area contributed by atoms with Gasteiger partial charge in [0.25, 0.3) is 0 Å². The van der Waals surface area contributed by atoms with Gasteiger partial charge < -0.3 is 5.32 Å². The summed E-state index contributed by atoms with van der Waals surface area (Å²) >= 11 is 0. The fourth-order valence-electron chi connectivity index (χ4n) is 4.22. The van der Waals surface area contributed by atoms with Gasteiger partial charge in [0.2, 0.25) is 0 Å². The van der Waals surface area contributed by atoms with Crippen LogP contribution in [-0.2, 0) is 0 Å². The Labute approximate surface area is 120 Å². The van der Waals surface area contributed by atoms with Crippen LogP contribution in [0.2, 0.25) is 0 Å². The first-order chi connectivity index (χ1) is 8.86. The zero-order valence-electron chi connectivity index (χ0n) is 13.8. The third-order valence-corrected chi connectivity index (χ3v) is 5.32. The molecule has 2 unspecified atom stereocenters. The third-order valence-electron chi connectivity index (χ3n) is 5.32. The summed E-state index contributed by atoms with van der Waals surface area (Å²) in [6, 6.07) is 1.45. The van der Waals surface area contributed by atoms with Crippen molar-refractivity contribution in [1.29, 1.82) is 0 Å². The summed E-state index contributed by atoms with van der Waals surface area (Å²) in [7, 11) is 0. The highest BCUT2D eigenvalue weighted by Crippen LogP contribution is 2.42. The lowest BCUT2D eigenvalue weighted by Crippen LogP contribution is -2.55. The fraction of sp³-hybridized carbons (Fsp3) is 1.00. The number of nitrogens with zero attached hydrogens (tertiary/aromatic N) is 1. The molecule has 1 heterocycles. The van der Waals surface area contributed by atoms with E-state index in [0.29, 0.717) is 16.9 Å². The lowest BCUT2D eigenvalue weighted by atomic mass is 9.82. The van der Waals surface area contributed by atoms with Gasteiger partial charge in [0.05, 0.1) is 0 Å². The molecule has 0 aromatic rings. The second-order valence-corrected chi connectivity index (χ2v) is 8.26. The SMILES string of the molecule is CCCNC1C(N2CCCC(C)(C)C2)CCC1(C)C. The van der Waals surface area contributed by atoms with Crippen molar-refractivity contribution in [2.75, 3.05) is 19.6 Å². The predicted octanol–water partition coefficient (Wildman–Crippen LogP) is 3.67. The molecule has 0 radical (unpaired) electrons. The minimum absolute atomic E-state index is 0.460. The quantitative estimate of drug-likeness (QED) is 0.835. The molecule has 0 bridgehead atoms. The number of piperidine rings is 1. The summed E-state index contributed by atoms with van der Waals surface area (Å²) in [5.74, 6) is 0. The van der Waals surface area contributed by atoms with Gasteiger partial charge in [-0.25, -0.2) is 0 Å². The van der Waals surface area contributed by atoms with E-state index >= 15 is 0 Å². The van der Waals surface area contributed by atoms with Crippen molar-refractivity contribution >= 4 is 0 Å². The van der Waals surface area contributed by atoms with E-state index < -0.39 is 0 Å². The molecule has 2 nitrogen and oxygen atoms in total. The second-order valence-electron chi connectivity index (χ2n) is 8.26. The second kappa shape index (κ2) is 5.73. The van der Waals surface area contributed by atoms with E-state index in [4.69, 9.17) is 0 Å². The average Bonchev–Trinajstić information content (AvgIpc) is 2.60. The van der Waals surface area contributed by atoms with Crippen molar-refractivity contribution in [3.63, 3.8) is 0 Å². The summed E-state index contributed by atoms with van der Waals surface area (Å²) in [6.45, 7) is 15.8. The van der Waals surface area contributed by atoms with Gasteiger partial charge in [-0.05, 0) is 56.0 Å². The highest BCUT2D eigenvalue weighted by atomic mass is 15.2. The van der Waals surface area contributed by atoms with Crippen molar-refractivity contribution < 1.29 is 0 Å². The number of likely N-dealkylation sites (tertiary alicyclic amines) is 1. The summed E-state index contributed by atoms with van der Waals surface area (Å²) in [4.78, 5) is 2.80. The number of hydrogen-bond acceptors (Lipinski definition) is 2. The topological polar surface area (TPSA) is 15.3 Å². The normalized spacial score (nSPS) is 34.6. The van der Waals surface area contributed by atoms with Crippen molar-refractivity contribution in [2.24, 2.45) is 10.8 Å². The standard InChI is InChI=1S/C17H34N2/c1-6-11-18-15-14(8-10-17(15,4)5)19-12-7-9-16(2,3)13-19/h14-15,18H,6-13H2,1-5H3. The van der Waals surface area contributed by atoms with Crippen molar-refractivity contribution in [3.8, 4) is 0 Å². The van der Waals surface area contributed by atoms with E-state index in [1.165, 1.54) is 51.7 Å². The largest absolute Gasteiger partial charge is 0.312 e. The zero-order valence-corrected chi connectivity index (χ0v) is 13.8. The molecule has 19 heavy (non-hydrogen) atoms. The molecular formula is C17H34N2. The van der Waals surface area contributed by atoms with E-state index in [9.17, 15) is 0 Å². The first-order valence-corrected chi connectivity index (χ1v) is 8.33. The Morgan fingerprint density at radius 2 is 1.89 bits per heavy atom. The van der Waals surface area contributed by atoms with Gasteiger partial charge in [0.15, 0.2) is 0 Å². The molecule has 1 aliphatic carbocycles. The van der Waals surface area contributed by atoms with Crippen LogP contribution >= 0.6 is 0 Å². The molecule has 2 fully saturated rings. The number of rotatable bonds is 4. The van der Waals surface area contributed by atoms with Gasteiger partial charge in [-0.3, -0.25) is 4.90 Å². The van der Waals surface area contributed by atoms with Crippen LogP contribution in [-0.4, -0.2) is 36.6 Å². The van der Waals surface area contributed by atoms with Crippen LogP contribution in [0.25, 0.3) is 0 Å². The van der Waals surface area contributed by atoms with Crippen LogP contribution in [0.1, 0.15) is 66.7 Å². The third kappa shape index (κ3) is 3.52. The van der Waals surface area contributed by atoms with E-state index in [1.54, 1.807) is 0 Å². The monoisotopic (exact) mass is 266 g/mol. The highest BCUT2D eigenvalue weighted by Gasteiger charge is 2.45. The van der Waals surface area contributed by atoms with Crippen LogP contribution < -0.4 is 5.32 Å². The fourth-order valence-corrected chi connectivity index (χ4v) is 4.22. The molecular weight excluding hydrogens is 232 g/mol. The first kappa shape index (κ1) is 15.3. The predicted molar refractivity (Wildman–Crippen MR) is 83.5 cm³/mol. The van der Waals surface area contributed by atoms with Gasteiger partial charge in [-0.15, -0.1) is 0 Å². The van der Waals surface area contributed by atoms with Crippen molar-refractivity contribution in [1.82, 2.24) is 10.2 Å². The Hall–Kier alpha value is -0.0800. The summed E-state index contributed by atoms with van der Waals surface area (Å²) in [5.41, 5.74) is 0.974. The number of nitrogens with one attached hydrogen (secondary N) is 1. The molecule has 2 rings (SSSR count). The van der Waals surface area contributed by atoms with E-state index in [0.717, 1.165) is 6.04 Å². The molecule has 1 saturated heterocycles. The smallest absolute Gasteiger partial charge is 0.0274 e. The van der Waals surface area contributed by atoms with E-state index in [-0.39, 0.29) is 0 Å². The Kier molecular flexibility index (Phi) is 4.62. The van der Waals surface area contributed by atoms with E-state index in [2.05, 4.69) is 44.8 Å². The molecule has 0 aromatic heterocycles. The molecule has 0 aromatic carbocycles. The summed E-state index contributed by atoms with van der Waals surface area (Å²) < 4.78 is 0. The summed E-state index contributed by atoms with van der Waals surface area (Å²) in [6.07, 6.45) is 6.77. The Morgan fingerprint density at radius 3 is 2.53 bits per heavy atom. The van der Waals surface area contributed by atoms with Crippen LogP contribution in [0.5, 0.6) is 0 Å². The molecule has 1 N–H and O–H groups in total. The van der Waals surface area contributed by atoms with Crippen LogP contribution in [0.15, 0.2) is 0 Å². The molecule has 0 spiro atoms. The van der Waals surface area contributed by atoms with Crippen LogP contribution in [0, 0.1) is 10.8 Å². The molecule has 2 heteroatoms. The Morgan fingerprint density at radius 1 is 1.16 bits per heavy atom.